The van der Waals surface area contributed by atoms with Crippen LogP contribution in [0, 0.1) is 11.3 Å². The molecule has 0 radical (unpaired) electrons. The lowest BCUT2D eigenvalue weighted by molar-refractivity contribution is -0.113. The van der Waals surface area contributed by atoms with Gasteiger partial charge in [0, 0.05) is 19.4 Å². The third-order valence-corrected chi connectivity index (χ3v) is 5.02. The van der Waals surface area contributed by atoms with E-state index in [1.54, 1.807) is 6.07 Å². The number of hydrogen-bond acceptors (Lipinski definition) is 5. The van der Waals surface area contributed by atoms with E-state index in [4.69, 9.17) is 9.84 Å². The zero-order valence-electron chi connectivity index (χ0n) is 15.2. The molecular formula is C22H25NO4. The maximum Gasteiger partial charge on any atom is 0.0994 e. The molecule has 0 aliphatic carbocycles. The number of rotatable bonds is 6. The molecule has 5 heteroatoms. The topological polar surface area (TPSA) is 93.7 Å². The lowest BCUT2D eigenvalue weighted by Gasteiger charge is -2.32. The van der Waals surface area contributed by atoms with Crippen molar-refractivity contribution in [2.24, 2.45) is 0 Å². The van der Waals surface area contributed by atoms with E-state index in [0.717, 1.165) is 22.3 Å². The van der Waals surface area contributed by atoms with E-state index in [0.29, 0.717) is 31.2 Å². The van der Waals surface area contributed by atoms with Crippen molar-refractivity contribution in [2.75, 3.05) is 13.2 Å². The van der Waals surface area contributed by atoms with Crippen LogP contribution < -0.4 is 0 Å². The molecule has 1 saturated heterocycles. The summed E-state index contributed by atoms with van der Waals surface area (Å²) < 4.78 is 5.90. The summed E-state index contributed by atoms with van der Waals surface area (Å²) in [5.74, 6) is 0. The van der Waals surface area contributed by atoms with E-state index < -0.39 is 6.10 Å². The van der Waals surface area contributed by atoms with Gasteiger partial charge in [-0.25, -0.2) is 0 Å². The van der Waals surface area contributed by atoms with Crippen molar-refractivity contribution in [1.82, 2.24) is 0 Å². The maximum atomic E-state index is 10.1. The number of benzene rings is 2. The van der Waals surface area contributed by atoms with Gasteiger partial charge in [-0.15, -0.1) is 0 Å². The molecule has 3 rings (SSSR count). The summed E-state index contributed by atoms with van der Waals surface area (Å²) in [7, 11) is 0. The number of nitriles is 1. The van der Waals surface area contributed by atoms with Crippen LogP contribution >= 0.6 is 0 Å². The number of aliphatic hydroxyl groups is 3. The van der Waals surface area contributed by atoms with Crippen LogP contribution in [0.3, 0.4) is 0 Å². The van der Waals surface area contributed by atoms with Gasteiger partial charge < -0.3 is 20.1 Å². The fourth-order valence-corrected chi connectivity index (χ4v) is 3.56. The van der Waals surface area contributed by atoms with Gasteiger partial charge in [0.1, 0.15) is 0 Å². The quantitative estimate of drug-likeness (QED) is 0.728. The second kappa shape index (κ2) is 9.12. The third kappa shape index (κ3) is 4.94. The van der Waals surface area contributed by atoms with Gasteiger partial charge in [0.2, 0.25) is 0 Å². The minimum Gasteiger partial charge on any atom is -0.396 e. The predicted octanol–water partition coefficient (Wildman–Crippen LogP) is 2.26. The molecule has 2 aromatic rings. The van der Waals surface area contributed by atoms with Crippen LogP contribution in [0.1, 0.15) is 46.8 Å². The summed E-state index contributed by atoms with van der Waals surface area (Å²) in [6, 6.07) is 15.9. The number of ether oxygens (including phenoxy) is 1. The molecule has 1 aliphatic heterocycles. The number of aliphatic hydroxyl groups excluding tert-OH is 3. The summed E-state index contributed by atoms with van der Waals surface area (Å²) in [6.07, 6.45) is 1.02. The lowest BCUT2D eigenvalue weighted by Crippen LogP contribution is -2.33. The van der Waals surface area contributed by atoms with E-state index in [2.05, 4.69) is 6.07 Å². The molecule has 1 fully saturated rings. The van der Waals surface area contributed by atoms with Crippen molar-refractivity contribution in [3.05, 3.63) is 70.3 Å². The summed E-state index contributed by atoms with van der Waals surface area (Å²) in [5, 5.41) is 37.9. The molecule has 0 saturated carbocycles. The largest absolute Gasteiger partial charge is 0.396 e. The molecule has 3 atom stereocenters. The molecule has 5 nitrogen and oxygen atoms in total. The Labute approximate surface area is 159 Å². The smallest absolute Gasteiger partial charge is 0.0994 e. The van der Waals surface area contributed by atoms with E-state index in [1.165, 1.54) is 0 Å². The monoisotopic (exact) mass is 367 g/mol. The standard InChI is InChI=1S/C22H25NO4/c23-13-18-6-5-17(22-12-20(26)11-21(14-25)27-22)10-19(18)9-16-3-1-15(2-4-16)7-8-24/h1-6,10,20-22,24-26H,7-9,11-12,14H2/t20-,21-,22+/m0/s1. The van der Waals surface area contributed by atoms with Gasteiger partial charge in [0.15, 0.2) is 0 Å². The fourth-order valence-electron chi connectivity index (χ4n) is 3.56. The van der Waals surface area contributed by atoms with Crippen molar-refractivity contribution in [3.63, 3.8) is 0 Å². The van der Waals surface area contributed by atoms with Gasteiger partial charge in [-0.2, -0.15) is 5.26 Å². The summed E-state index contributed by atoms with van der Waals surface area (Å²) in [5.41, 5.74) is 4.61. The average Bonchev–Trinajstić information content (AvgIpc) is 2.69. The zero-order valence-corrected chi connectivity index (χ0v) is 15.2. The van der Waals surface area contributed by atoms with Crippen LogP contribution in [0.2, 0.25) is 0 Å². The normalized spacial score (nSPS) is 22.4. The Bertz CT molecular complexity index is 797. The second-order valence-corrected chi connectivity index (χ2v) is 7.05. The minimum absolute atomic E-state index is 0.114. The molecule has 2 aromatic carbocycles. The summed E-state index contributed by atoms with van der Waals surface area (Å²) >= 11 is 0. The van der Waals surface area contributed by atoms with Gasteiger partial charge in [0.05, 0.1) is 36.6 Å². The molecular weight excluding hydrogens is 342 g/mol. The van der Waals surface area contributed by atoms with E-state index in [9.17, 15) is 15.5 Å². The van der Waals surface area contributed by atoms with Crippen LogP contribution in [-0.2, 0) is 17.6 Å². The molecule has 0 unspecified atom stereocenters. The first-order valence-corrected chi connectivity index (χ1v) is 9.29. The first kappa shape index (κ1) is 19.5. The highest BCUT2D eigenvalue weighted by atomic mass is 16.5. The fraction of sp³-hybridized carbons (Fsp3) is 0.409. The first-order valence-electron chi connectivity index (χ1n) is 9.29. The molecule has 142 valence electrons. The van der Waals surface area contributed by atoms with Crippen LogP contribution in [0.15, 0.2) is 42.5 Å². The van der Waals surface area contributed by atoms with Gasteiger partial charge in [0.25, 0.3) is 0 Å². The number of hydrogen-bond donors (Lipinski definition) is 3. The average molecular weight is 367 g/mol. The highest BCUT2D eigenvalue weighted by molar-refractivity contribution is 5.44. The molecule has 0 aromatic heterocycles. The van der Waals surface area contributed by atoms with Crippen LogP contribution in [0.5, 0.6) is 0 Å². The summed E-state index contributed by atoms with van der Waals surface area (Å²) in [6.45, 7) is 0.0128. The third-order valence-electron chi connectivity index (χ3n) is 5.02. The molecule has 3 N–H and O–H groups in total. The van der Waals surface area contributed by atoms with E-state index >= 15 is 0 Å². The molecule has 0 amide bonds. The molecule has 1 heterocycles. The molecule has 0 bridgehead atoms. The van der Waals surface area contributed by atoms with Crippen molar-refractivity contribution in [2.45, 2.75) is 44.0 Å². The Hall–Kier alpha value is -2.23. The number of nitrogens with zero attached hydrogens (tertiary/aromatic N) is 1. The maximum absolute atomic E-state index is 10.1. The molecule has 27 heavy (non-hydrogen) atoms. The van der Waals surface area contributed by atoms with E-state index in [1.807, 2.05) is 36.4 Å². The predicted molar refractivity (Wildman–Crippen MR) is 101 cm³/mol. The van der Waals surface area contributed by atoms with Crippen LogP contribution in [0.4, 0.5) is 0 Å². The molecule has 0 spiro atoms. The zero-order chi connectivity index (χ0) is 19.2. The Morgan fingerprint density at radius 1 is 1.04 bits per heavy atom. The van der Waals surface area contributed by atoms with Crippen LogP contribution in [-0.4, -0.2) is 40.7 Å². The SMILES string of the molecule is N#Cc1ccc([C@H]2C[C@@H](O)C[C@@H](CO)O2)cc1Cc1ccc(CCO)cc1. The van der Waals surface area contributed by atoms with Crippen LogP contribution in [0.25, 0.3) is 0 Å². The van der Waals surface area contributed by atoms with Gasteiger partial charge >= 0.3 is 0 Å². The van der Waals surface area contributed by atoms with Crippen molar-refractivity contribution >= 4 is 0 Å². The summed E-state index contributed by atoms with van der Waals surface area (Å²) in [4.78, 5) is 0. The first-order chi connectivity index (χ1) is 13.1. The lowest BCUT2D eigenvalue weighted by atomic mass is 9.92. The van der Waals surface area contributed by atoms with Crippen molar-refractivity contribution in [3.8, 4) is 6.07 Å². The minimum atomic E-state index is -0.501. The Balaban J connectivity index is 1.82. The molecule has 1 aliphatic rings. The Morgan fingerprint density at radius 3 is 2.44 bits per heavy atom. The van der Waals surface area contributed by atoms with Crippen molar-refractivity contribution < 1.29 is 20.1 Å². The van der Waals surface area contributed by atoms with Crippen molar-refractivity contribution in [1.29, 1.82) is 5.26 Å². The highest BCUT2D eigenvalue weighted by Gasteiger charge is 2.29. The van der Waals surface area contributed by atoms with Gasteiger partial charge in [-0.05, 0) is 41.2 Å². The second-order valence-electron chi connectivity index (χ2n) is 7.05. The Morgan fingerprint density at radius 2 is 1.78 bits per heavy atom. The Kier molecular flexibility index (Phi) is 6.59. The van der Waals surface area contributed by atoms with E-state index in [-0.39, 0.29) is 25.4 Å². The van der Waals surface area contributed by atoms with Gasteiger partial charge in [-0.3, -0.25) is 0 Å². The highest BCUT2D eigenvalue weighted by Crippen LogP contribution is 2.32. The van der Waals surface area contributed by atoms with Gasteiger partial charge in [-0.1, -0.05) is 36.4 Å².